The quantitative estimate of drug-likeness (QED) is 0.761. The number of piperidine rings is 1. The zero-order valence-electron chi connectivity index (χ0n) is 16.1. The van der Waals surface area contributed by atoms with Crippen molar-refractivity contribution in [3.63, 3.8) is 0 Å². The van der Waals surface area contributed by atoms with E-state index in [0.717, 1.165) is 11.4 Å². The van der Waals surface area contributed by atoms with Crippen LogP contribution in [0.4, 0.5) is 10.5 Å². The number of ketones is 1. The van der Waals surface area contributed by atoms with Gasteiger partial charge < -0.3 is 9.64 Å². The van der Waals surface area contributed by atoms with Crippen LogP contribution in [0.25, 0.3) is 0 Å². The van der Waals surface area contributed by atoms with E-state index in [1.165, 1.54) is 0 Å². The van der Waals surface area contributed by atoms with Crippen LogP contribution in [0.5, 0.6) is 5.75 Å². The molecule has 1 saturated heterocycles. The minimum Gasteiger partial charge on any atom is -0.497 e. The Bertz CT molecular complexity index is 877. The topological polar surface area (TPSA) is 73.6 Å². The maximum Gasteiger partial charge on any atom is 0.324 e. The fourth-order valence-corrected chi connectivity index (χ4v) is 3.41. The summed E-state index contributed by atoms with van der Waals surface area (Å²) < 4.78 is 5.13. The van der Waals surface area contributed by atoms with Gasteiger partial charge in [-0.05, 0) is 61.4 Å². The molecule has 0 spiro atoms. The van der Waals surface area contributed by atoms with Crippen LogP contribution in [0.3, 0.4) is 0 Å². The summed E-state index contributed by atoms with van der Waals surface area (Å²) in [6.45, 7) is 1.10. The Hall–Kier alpha value is -3.33. The largest absolute Gasteiger partial charge is 0.497 e. The van der Waals surface area contributed by atoms with Gasteiger partial charge in [-0.25, -0.2) is 4.79 Å². The highest BCUT2D eigenvalue weighted by molar-refractivity contribution is 5.98. The Morgan fingerprint density at radius 2 is 1.68 bits per heavy atom. The summed E-state index contributed by atoms with van der Waals surface area (Å²) in [5.74, 6) is 0.774. The van der Waals surface area contributed by atoms with E-state index in [2.05, 4.69) is 6.07 Å². The molecule has 1 heterocycles. The minimum absolute atomic E-state index is 0.0716. The van der Waals surface area contributed by atoms with Gasteiger partial charge in [-0.2, -0.15) is 5.26 Å². The van der Waals surface area contributed by atoms with Crippen LogP contribution >= 0.6 is 0 Å². The number of nitrogens with zero attached hydrogens (tertiary/aromatic N) is 3. The fourth-order valence-electron chi connectivity index (χ4n) is 3.41. The zero-order valence-corrected chi connectivity index (χ0v) is 16.1. The van der Waals surface area contributed by atoms with Gasteiger partial charge in [-0.15, -0.1) is 0 Å². The van der Waals surface area contributed by atoms with Gasteiger partial charge in [0.15, 0.2) is 5.78 Å². The van der Waals surface area contributed by atoms with Gasteiger partial charge in [0.25, 0.3) is 0 Å². The third-order valence-corrected chi connectivity index (χ3v) is 5.18. The Balaban J connectivity index is 1.58. The van der Waals surface area contributed by atoms with Gasteiger partial charge in [0.1, 0.15) is 5.75 Å². The number of carbonyl (C=O) groups is 2. The summed E-state index contributed by atoms with van der Waals surface area (Å²) in [7, 11) is 3.32. The predicted molar refractivity (Wildman–Crippen MR) is 107 cm³/mol. The number of rotatable bonds is 4. The molecule has 1 aliphatic rings. The van der Waals surface area contributed by atoms with Crippen LogP contribution in [0.15, 0.2) is 48.5 Å². The maximum atomic E-state index is 12.8. The standard InChI is InChI=1S/C22H23N3O3/c1-24(19-7-3-16(15-23)4-8-19)22(27)25-13-11-18(12-14-25)21(26)17-5-9-20(28-2)10-6-17/h3-10,18H,11-14H2,1-2H3. The van der Waals surface area contributed by atoms with E-state index in [9.17, 15) is 9.59 Å². The maximum absolute atomic E-state index is 12.8. The minimum atomic E-state index is -0.0972. The molecular formula is C22H23N3O3. The number of hydrogen-bond acceptors (Lipinski definition) is 4. The van der Waals surface area contributed by atoms with Crippen molar-refractivity contribution in [2.45, 2.75) is 12.8 Å². The number of urea groups is 1. The average Bonchev–Trinajstić information content (AvgIpc) is 2.78. The average molecular weight is 377 g/mol. The Morgan fingerprint density at radius 1 is 1.07 bits per heavy atom. The summed E-state index contributed by atoms with van der Waals surface area (Å²) in [6, 6.07) is 16.0. The van der Waals surface area contributed by atoms with Crippen LogP contribution in [-0.2, 0) is 0 Å². The summed E-state index contributed by atoms with van der Waals surface area (Å²) in [4.78, 5) is 28.8. The molecule has 0 saturated carbocycles. The number of likely N-dealkylation sites (tertiary alicyclic amines) is 1. The second kappa shape index (κ2) is 8.57. The number of methoxy groups -OCH3 is 1. The number of amides is 2. The molecule has 28 heavy (non-hydrogen) atoms. The van der Waals surface area contributed by atoms with Crippen molar-refractivity contribution in [1.29, 1.82) is 5.26 Å². The van der Waals surface area contributed by atoms with E-state index in [0.29, 0.717) is 37.1 Å². The summed E-state index contributed by atoms with van der Waals surface area (Å²) in [5.41, 5.74) is 1.98. The molecule has 0 aromatic heterocycles. The number of ether oxygens (including phenoxy) is 1. The van der Waals surface area contributed by atoms with Gasteiger partial charge in [0, 0.05) is 37.3 Å². The molecular weight excluding hydrogens is 354 g/mol. The molecule has 0 bridgehead atoms. The Kier molecular flexibility index (Phi) is 5.95. The predicted octanol–water partition coefficient (Wildman–Crippen LogP) is 3.72. The van der Waals surface area contributed by atoms with Crippen LogP contribution in [-0.4, -0.2) is 44.0 Å². The monoisotopic (exact) mass is 377 g/mol. The van der Waals surface area contributed by atoms with E-state index in [4.69, 9.17) is 10.00 Å². The number of Topliss-reactive ketones (excluding diaryl/α,β-unsaturated/α-hetero) is 1. The van der Waals surface area contributed by atoms with Crippen molar-refractivity contribution in [1.82, 2.24) is 4.90 Å². The van der Waals surface area contributed by atoms with Gasteiger partial charge in [0.05, 0.1) is 18.7 Å². The molecule has 6 heteroatoms. The number of benzene rings is 2. The number of nitriles is 1. The normalized spacial score (nSPS) is 14.2. The smallest absolute Gasteiger partial charge is 0.324 e. The summed E-state index contributed by atoms with van der Waals surface area (Å²) in [5, 5.41) is 8.89. The third kappa shape index (κ3) is 4.15. The van der Waals surface area contributed by atoms with E-state index >= 15 is 0 Å². The number of hydrogen-bond donors (Lipinski definition) is 0. The van der Waals surface area contributed by atoms with E-state index in [1.807, 2.05) is 0 Å². The van der Waals surface area contributed by atoms with Crippen molar-refractivity contribution in [2.75, 3.05) is 32.1 Å². The molecule has 0 radical (unpaired) electrons. The Labute approximate surface area is 164 Å². The molecule has 144 valence electrons. The molecule has 2 amide bonds. The van der Waals surface area contributed by atoms with Gasteiger partial charge in [0.2, 0.25) is 0 Å². The Morgan fingerprint density at radius 3 is 2.21 bits per heavy atom. The van der Waals surface area contributed by atoms with E-state index in [1.54, 1.807) is 72.5 Å². The lowest BCUT2D eigenvalue weighted by Crippen LogP contribution is -2.46. The molecule has 0 atom stereocenters. The second-order valence-electron chi connectivity index (χ2n) is 6.85. The third-order valence-electron chi connectivity index (χ3n) is 5.18. The lowest BCUT2D eigenvalue weighted by Gasteiger charge is -2.34. The van der Waals surface area contributed by atoms with Gasteiger partial charge >= 0.3 is 6.03 Å². The van der Waals surface area contributed by atoms with Gasteiger partial charge in [-0.1, -0.05) is 0 Å². The van der Waals surface area contributed by atoms with Crippen LogP contribution in [0, 0.1) is 17.2 Å². The van der Waals surface area contributed by atoms with Crippen molar-refractivity contribution in [2.24, 2.45) is 5.92 Å². The molecule has 6 nitrogen and oxygen atoms in total. The van der Waals surface area contributed by atoms with Crippen molar-refractivity contribution in [3.8, 4) is 11.8 Å². The fraction of sp³-hybridized carbons (Fsp3) is 0.318. The van der Waals surface area contributed by atoms with E-state index < -0.39 is 0 Å². The molecule has 3 rings (SSSR count). The number of anilines is 1. The van der Waals surface area contributed by atoms with Crippen molar-refractivity contribution < 1.29 is 14.3 Å². The van der Waals surface area contributed by atoms with Crippen molar-refractivity contribution in [3.05, 3.63) is 59.7 Å². The molecule has 0 unspecified atom stereocenters. The van der Waals surface area contributed by atoms with Crippen LogP contribution in [0.2, 0.25) is 0 Å². The number of carbonyl (C=O) groups excluding carboxylic acids is 2. The molecule has 1 aliphatic heterocycles. The first-order chi connectivity index (χ1) is 13.5. The lowest BCUT2D eigenvalue weighted by molar-refractivity contribution is 0.0857. The summed E-state index contributed by atoms with van der Waals surface area (Å²) >= 11 is 0. The zero-order chi connectivity index (χ0) is 20.1. The highest BCUT2D eigenvalue weighted by atomic mass is 16.5. The first-order valence-corrected chi connectivity index (χ1v) is 9.24. The molecule has 0 aliphatic carbocycles. The molecule has 2 aromatic rings. The SMILES string of the molecule is COc1ccc(C(=O)C2CCN(C(=O)N(C)c3ccc(C#N)cc3)CC2)cc1. The molecule has 1 fully saturated rings. The van der Waals surface area contributed by atoms with E-state index in [-0.39, 0.29) is 17.7 Å². The van der Waals surface area contributed by atoms with Crippen LogP contribution < -0.4 is 9.64 Å². The highest BCUT2D eigenvalue weighted by Crippen LogP contribution is 2.24. The van der Waals surface area contributed by atoms with Crippen LogP contribution in [0.1, 0.15) is 28.8 Å². The van der Waals surface area contributed by atoms with Crippen molar-refractivity contribution >= 4 is 17.5 Å². The van der Waals surface area contributed by atoms with Gasteiger partial charge in [-0.3, -0.25) is 9.69 Å². The lowest BCUT2D eigenvalue weighted by atomic mass is 9.89. The second-order valence-corrected chi connectivity index (χ2v) is 6.85. The molecule has 0 N–H and O–H groups in total. The highest BCUT2D eigenvalue weighted by Gasteiger charge is 2.29. The molecule has 2 aromatic carbocycles. The first kappa shape index (κ1) is 19.4. The summed E-state index contributed by atoms with van der Waals surface area (Å²) in [6.07, 6.45) is 1.30. The first-order valence-electron chi connectivity index (χ1n) is 9.24.